The molecule has 2 rings (SSSR count). The number of benzene rings is 1. The summed E-state index contributed by atoms with van der Waals surface area (Å²) in [5, 5.41) is 4.57. The molecule has 0 radical (unpaired) electrons. The van der Waals surface area contributed by atoms with Crippen molar-refractivity contribution < 1.29 is 0 Å². The molecule has 4 nitrogen and oxygen atoms in total. The average Bonchev–Trinajstić information content (AvgIpc) is 2.86. The fraction of sp³-hybridized carbons (Fsp3) is 0.357. The van der Waals surface area contributed by atoms with Crippen LogP contribution in [0.1, 0.15) is 12.1 Å². The van der Waals surface area contributed by atoms with Crippen molar-refractivity contribution >= 4 is 0 Å². The maximum atomic E-state index is 5.50. The van der Waals surface area contributed by atoms with Crippen molar-refractivity contribution in [1.82, 2.24) is 14.7 Å². The van der Waals surface area contributed by atoms with Crippen LogP contribution in [0.25, 0.3) is 5.69 Å². The summed E-state index contributed by atoms with van der Waals surface area (Å²) in [4.78, 5) is 2.24. The first kappa shape index (κ1) is 12.8. The van der Waals surface area contributed by atoms with E-state index >= 15 is 0 Å². The Hall–Kier alpha value is -1.65. The number of hydrogen-bond donors (Lipinski definition) is 1. The number of aromatic nitrogens is 2. The van der Waals surface area contributed by atoms with Crippen LogP contribution in [0.15, 0.2) is 42.6 Å². The van der Waals surface area contributed by atoms with Gasteiger partial charge in [-0.2, -0.15) is 5.10 Å². The monoisotopic (exact) mass is 244 g/mol. The molecule has 1 heterocycles. The molecule has 18 heavy (non-hydrogen) atoms. The van der Waals surface area contributed by atoms with Crippen LogP contribution in [0.4, 0.5) is 0 Å². The fourth-order valence-electron chi connectivity index (χ4n) is 1.89. The second-order valence-corrected chi connectivity index (χ2v) is 4.47. The minimum Gasteiger partial charge on any atom is -0.330 e. The number of nitrogens with two attached hydrogens (primary N) is 1. The molecule has 96 valence electrons. The van der Waals surface area contributed by atoms with Crippen LogP contribution >= 0.6 is 0 Å². The zero-order chi connectivity index (χ0) is 12.8. The van der Waals surface area contributed by atoms with E-state index < -0.39 is 0 Å². The predicted molar refractivity (Wildman–Crippen MR) is 73.6 cm³/mol. The van der Waals surface area contributed by atoms with Crippen LogP contribution in [-0.4, -0.2) is 34.8 Å². The summed E-state index contributed by atoms with van der Waals surface area (Å²) < 4.78 is 1.91. The Morgan fingerprint density at radius 1 is 1.22 bits per heavy atom. The summed E-state index contributed by atoms with van der Waals surface area (Å²) in [7, 11) is 2.09. The second-order valence-electron chi connectivity index (χ2n) is 4.47. The predicted octanol–water partition coefficient (Wildman–Crippen LogP) is 1.65. The first-order chi connectivity index (χ1) is 8.79. The molecular formula is C14H20N4. The molecule has 4 heteroatoms. The third kappa shape index (κ3) is 3.42. The molecule has 2 aromatic rings. The lowest BCUT2D eigenvalue weighted by atomic mass is 10.3. The van der Waals surface area contributed by atoms with Crippen LogP contribution in [-0.2, 0) is 6.54 Å². The maximum Gasteiger partial charge on any atom is 0.0769 e. The van der Waals surface area contributed by atoms with Gasteiger partial charge in [-0.15, -0.1) is 0 Å². The molecule has 1 aromatic carbocycles. The van der Waals surface area contributed by atoms with E-state index in [9.17, 15) is 0 Å². The summed E-state index contributed by atoms with van der Waals surface area (Å²) in [6.45, 7) is 2.61. The Morgan fingerprint density at radius 2 is 2.00 bits per heavy atom. The highest BCUT2D eigenvalue weighted by molar-refractivity contribution is 5.30. The third-order valence-electron chi connectivity index (χ3n) is 2.84. The van der Waals surface area contributed by atoms with Gasteiger partial charge in [0, 0.05) is 12.7 Å². The zero-order valence-corrected chi connectivity index (χ0v) is 10.8. The van der Waals surface area contributed by atoms with Crippen LogP contribution in [0, 0.1) is 0 Å². The van der Waals surface area contributed by atoms with E-state index in [4.69, 9.17) is 5.73 Å². The number of nitrogens with zero attached hydrogens (tertiary/aromatic N) is 3. The Labute approximate surface area is 108 Å². The molecule has 0 unspecified atom stereocenters. The minimum absolute atomic E-state index is 0.739. The van der Waals surface area contributed by atoms with Gasteiger partial charge in [0.25, 0.3) is 0 Å². The maximum absolute atomic E-state index is 5.50. The van der Waals surface area contributed by atoms with Gasteiger partial charge in [-0.3, -0.25) is 0 Å². The van der Waals surface area contributed by atoms with Gasteiger partial charge < -0.3 is 10.6 Å². The van der Waals surface area contributed by atoms with Crippen molar-refractivity contribution in [2.75, 3.05) is 20.1 Å². The molecule has 0 saturated heterocycles. The second kappa shape index (κ2) is 6.33. The van der Waals surface area contributed by atoms with E-state index in [1.54, 1.807) is 0 Å². The van der Waals surface area contributed by atoms with E-state index in [0.29, 0.717) is 0 Å². The van der Waals surface area contributed by atoms with Gasteiger partial charge in [-0.1, -0.05) is 18.2 Å². The van der Waals surface area contributed by atoms with Crippen LogP contribution in [0.2, 0.25) is 0 Å². The summed E-state index contributed by atoms with van der Waals surface area (Å²) in [6, 6.07) is 12.2. The SMILES string of the molecule is CN(CCCN)Cc1ccn(-c2ccccc2)n1. The molecule has 0 aliphatic rings. The van der Waals surface area contributed by atoms with Crippen molar-refractivity contribution in [3.8, 4) is 5.69 Å². The summed E-state index contributed by atoms with van der Waals surface area (Å²) in [5.41, 5.74) is 7.68. The van der Waals surface area contributed by atoms with Crippen molar-refractivity contribution in [3.63, 3.8) is 0 Å². The van der Waals surface area contributed by atoms with Gasteiger partial charge in [-0.25, -0.2) is 4.68 Å². The molecule has 0 amide bonds. The molecule has 0 atom stereocenters. The quantitative estimate of drug-likeness (QED) is 0.840. The molecule has 0 saturated carbocycles. The molecule has 0 aliphatic heterocycles. The minimum atomic E-state index is 0.739. The van der Waals surface area contributed by atoms with Crippen LogP contribution in [0.3, 0.4) is 0 Å². The van der Waals surface area contributed by atoms with E-state index in [2.05, 4.69) is 35.2 Å². The highest BCUT2D eigenvalue weighted by Gasteiger charge is 2.04. The smallest absolute Gasteiger partial charge is 0.0769 e. The molecule has 0 spiro atoms. The van der Waals surface area contributed by atoms with E-state index in [1.807, 2.05) is 29.1 Å². The Balaban J connectivity index is 1.98. The lowest BCUT2D eigenvalue weighted by Gasteiger charge is -2.14. The standard InChI is InChI=1S/C14H20N4/c1-17(10-5-9-15)12-13-8-11-18(16-13)14-6-3-2-4-7-14/h2-4,6-8,11H,5,9-10,12,15H2,1H3. The topological polar surface area (TPSA) is 47.1 Å². The summed E-state index contributed by atoms with van der Waals surface area (Å²) in [5.74, 6) is 0. The Bertz CT molecular complexity index is 464. The molecule has 0 aliphatic carbocycles. The number of hydrogen-bond acceptors (Lipinski definition) is 3. The first-order valence-corrected chi connectivity index (χ1v) is 6.28. The molecular weight excluding hydrogens is 224 g/mol. The summed E-state index contributed by atoms with van der Waals surface area (Å²) >= 11 is 0. The Morgan fingerprint density at radius 3 is 2.72 bits per heavy atom. The number of rotatable bonds is 6. The van der Waals surface area contributed by atoms with Crippen LogP contribution < -0.4 is 5.73 Å². The largest absolute Gasteiger partial charge is 0.330 e. The molecule has 1 aromatic heterocycles. The van der Waals surface area contributed by atoms with Crippen molar-refractivity contribution in [2.24, 2.45) is 5.73 Å². The fourth-order valence-corrected chi connectivity index (χ4v) is 1.89. The van der Waals surface area contributed by atoms with Crippen molar-refractivity contribution in [3.05, 3.63) is 48.3 Å². The molecule has 0 bridgehead atoms. The Kier molecular flexibility index (Phi) is 4.50. The van der Waals surface area contributed by atoms with Gasteiger partial charge in [0.15, 0.2) is 0 Å². The molecule has 2 N–H and O–H groups in total. The molecule has 0 fully saturated rings. The highest BCUT2D eigenvalue weighted by Crippen LogP contribution is 2.08. The van der Waals surface area contributed by atoms with E-state index in [1.165, 1.54) is 0 Å². The summed E-state index contributed by atoms with van der Waals surface area (Å²) in [6.07, 6.45) is 3.03. The average molecular weight is 244 g/mol. The lowest BCUT2D eigenvalue weighted by Crippen LogP contribution is -2.21. The van der Waals surface area contributed by atoms with Gasteiger partial charge in [0.05, 0.1) is 11.4 Å². The van der Waals surface area contributed by atoms with Gasteiger partial charge in [0.2, 0.25) is 0 Å². The van der Waals surface area contributed by atoms with E-state index in [-0.39, 0.29) is 0 Å². The normalized spacial score (nSPS) is 11.1. The third-order valence-corrected chi connectivity index (χ3v) is 2.84. The number of para-hydroxylation sites is 1. The van der Waals surface area contributed by atoms with Crippen LogP contribution in [0.5, 0.6) is 0 Å². The van der Waals surface area contributed by atoms with Gasteiger partial charge >= 0.3 is 0 Å². The van der Waals surface area contributed by atoms with Crippen molar-refractivity contribution in [1.29, 1.82) is 0 Å². The first-order valence-electron chi connectivity index (χ1n) is 6.28. The van der Waals surface area contributed by atoms with Gasteiger partial charge in [-0.05, 0) is 44.8 Å². The lowest BCUT2D eigenvalue weighted by molar-refractivity contribution is 0.319. The van der Waals surface area contributed by atoms with E-state index in [0.717, 1.165) is 37.4 Å². The van der Waals surface area contributed by atoms with Gasteiger partial charge in [0.1, 0.15) is 0 Å². The van der Waals surface area contributed by atoms with Crippen molar-refractivity contribution in [2.45, 2.75) is 13.0 Å². The highest BCUT2D eigenvalue weighted by atomic mass is 15.3. The zero-order valence-electron chi connectivity index (χ0n) is 10.8.